The van der Waals surface area contributed by atoms with Gasteiger partial charge in [0.1, 0.15) is 12.4 Å². The van der Waals surface area contributed by atoms with E-state index in [0.717, 1.165) is 12.0 Å². The Labute approximate surface area is 153 Å². The second kappa shape index (κ2) is 8.72. The molecule has 4 nitrogen and oxygen atoms in total. The molecule has 0 fully saturated rings. The molecule has 3 aromatic carbocycles. The van der Waals surface area contributed by atoms with Gasteiger partial charge >= 0.3 is 5.97 Å². The Kier molecular flexibility index (Phi) is 5.88. The molecule has 0 radical (unpaired) electrons. The van der Waals surface area contributed by atoms with E-state index in [-0.39, 0.29) is 6.61 Å². The second-order valence-electron chi connectivity index (χ2n) is 5.90. The zero-order chi connectivity index (χ0) is 18.2. The summed E-state index contributed by atoms with van der Waals surface area (Å²) in [6.45, 7) is 0.713. The predicted octanol–water partition coefficient (Wildman–Crippen LogP) is 4.25. The molecule has 0 saturated heterocycles. The summed E-state index contributed by atoms with van der Waals surface area (Å²) in [4.78, 5) is 12.3. The predicted molar refractivity (Wildman–Crippen MR) is 102 cm³/mol. The van der Waals surface area contributed by atoms with Gasteiger partial charge in [-0.1, -0.05) is 60.7 Å². The first-order valence-corrected chi connectivity index (χ1v) is 8.49. The van der Waals surface area contributed by atoms with Gasteiger partial charge < -0.3 is 15.2 Å². The molecule has 0 amide bonds. The minimum Gasteiger partial charge on any atom is -0.491 e. The number of hydrogen-bond donors (Lipinski definition) is 1. The van der Waals surface area contributed by atoms with E-state index in [1.807, 2.05) is 60.7 Å². The van der Waals surface area contributed by atoms with Crippen molar-refractivity contribution in [1.82, 2.24) is 0 Å². The third-order valence-electron chi connectivity index (χ3n) is 3.95. The van der Waals surface area contributed by atoms with Crippen LogP contribution in [0.2, 0.25) is 0 Å². The maximum atomic E-state index is 12.3. The number of carbonyl (C=O) groups excluding carboxylic acids is 1. The third kappa shape index (κ3) is 4.86. The van der Waals surface area contributed by atoms with Gasteiger partial charge in [0.15, 0.2) is 0 Å². The number of carbonyl (C=O) groups is 1. The van der Waals surface area contributed by atoms with Crippen LogP contribution >= 0.6 is 0 Å². The van der Waals surface area contributed by atoms with Crippen molar-refractivity contribution < 1.29 is 14.3 Å². The maximum Gasteiger partial charge on any atom is 0.338 e. The van der Waals surface area contributed by atoms with Crippen molar-refractivity contribution in [3.05, 3.63) is 95.6 Å². The SMILES string of the molecule is Nc1ccc(C(=O)OCc2ccccc2)cc1OCCc1ccccc1. The topological polar surface area (TPSA) is 61.6 Å². The zero-order valence-electron chi connectivity index (χ0n) is 14.4. The molecule has 0 bridgehead atoms. The van der Waals surface area contributed by atoms with Crippen molar-refractivity contribution >= 4 is 11.7 Å². The highest BCUT2D eigenvalue weighted by Gasteiger charge is 2.11. The van der Waals surface area contributed by atoms with E-state index in [1.54, 1.807) is 18.2 Å². The maximum absolute atomic E-state index is 12.3. The Morgan fingerprint density at radius 2 is 1.50 bits per heavy atom. The lowest BCUT2D eigenvalue weighted by Crippen LogP contribution is -2.08. The smallest absolute Gasteiger partial charge is 0.338 e. The number of rotatable bonds is 7. The Bertz CT molecular complexity index is 848. The zero-order valence-corrected chi connectivity index (χ0v) is 14.4. The molecule has 2 N–H and O–H groups in total. The van der Waals surface area contributed by atoms with E-state index in [4.69, 9.17) is 15.2 Å². The standard InChI is InChI=1S/C22H21NO3/c23-20-12-11-19(22(24)26-16-18-9-5-2-6-10-18)15-21(20)25-14-13-17-7-3-1-4-8-17/h1-12,15H,13-14,16,23H2. The van der Waals surface area contributed by atoms with Crippen LogP contribution in [0.3, 0.4) is 0 Å². The largest absolute Gasteiger partial charge is 0.491 e. The van der Waals surface area contributed by atoms with E-state index in [9.17, 15) is 4.79 Å². The molecule has 0 atom stereocenters. The summed E-state index contributed by atoms with van der Waals surface area (Å²) in [5, 5.41) is 0. The van der Waals surface area contributed by atoms with Crippen LogP contribution in [0.5, 0.6) is 5.75 Å². The fraction of sp³-hybridized carbons (Fsp3) is 0.136. The number of anilines is 1. The van der Waals surface area contributed by atoms with E-state index in [2.05, 4.69) is 0 Å². The number of hydrogen-bond acceptors (Lipinski definition) is 4. The number of ether oxygens (including phenoxy) is 2. The van der Waals surface area contributed by atoms with E-state index in [1.165, 1.54) is 5.56 Å². The summed E-state index contributed by atoms with van der Waals surface area (Å²) in [5.41, 5.74) is 9.00. The second-order valence-corrected chi connectivity index (χ2v) is 5.90. The average molecular weight is 347 g/mol. The Hall–Kier alpha value is -3.27. The van der Waals surface area contributed by atoms with E-state index < -0.39 is 5.97 Å². The summed E-state index contributed by atoms with van der Waals surface area (Å²) in [6.07, 6.45) is 0.767. The van der Waals surface area contributed by atoms with Gasteiger partial charge in [-0.05, 0) is 29.3 Å². The van der Waals surface area contributed by atoms with Crippen LogP contribution in [0, 0.1) is 0 Å². The molecular weight excluding hydrogens is 326 g/mol. The van der Waals surface area contributed by atoms with Crippen LogP contribution in [-0.4, -0.2) is 12.6 Å². The van der Waals surface area contributed by atoms with Crippen molar-refractivity contribution in [2.45, 2.75) is 13.0 Å². The van der Waals surface area contributed by atoms with Gasteiger partial charge in [0, 0.05) is 6.42 Å². The highest BCUT2D eigenvalue weighted by Crippen LogP contribution is 2.23. The monoisotopic (exact) mass is 347 g/mol. The first kappa shape index (κ1) is 17.5. The lowest BCUT2D eigenvalue weighted by Gasteiger charge is -2.11. The van der Waals surface area contributed by atoms with E-state index >= 15 is 0 Å². The summed E-state index contributed by atoms with van der Waals surface area (Å²) in [5.74, 6) is 0.0943. The van der Waals surface area contributed by atoms with Gasteiger partial charge in [0.05, 0.1) is 17.9 Å². The van der Waals surface area contributed by atoms with Gasteiger partial charge in [0.2, 0.25) is 0 Å². The molecule has 0 unspecified atom stereocenters. The van der Waals surface area contributed by atoms with Crippen molar-refractivity contribution in [2.24, 2.45) is 0 Å². The normalized spacial score (nSPS) is 10.3. The highest BCUT2D eigenvalue weighted by atomic mass is 16.5. The minimum atomic E-state index is -0.401. The van der Waals surface area contributed by atoms with Crippen LogP contribution in [0.1, 0.15) is 21.5 Å². The number of benzene rings is 3. The molecule has 132 valence electrons. The summed E-state index contributed by atoms with van der Waals surface area (Å²) in [7, 11) is 0. The minimum absolute atomic E-state index is 0.230. The average Bonchev–Trinajstić information content (AvgIpc) is 2.69. The highest BCUT2D eigenvalue weighted by molar-refractivity contribution is 5.90. The molecule has 0 aliphatic rings. The number of esters is 1. The van der Waals surface area contributed by atoms with Gasteiger partial charge in [-0.25, -0.2) is 4.79 Å². The number of nitrogens with two attached hydrogens (primary N) is 1. The molecule has 0 aliphatic heterocycles. The van der Waals surface area contributed by atoms with Crippen LogP contribution in [0.15, 0.2) is 78.9 Å². The van der Waals surface area contributed by atoms with Gasteiger partial charge in [-0.3, -0.25) is 0 Å². The van der Waals surface area contributed by atoms with Gasteiger partial charge in [-0.2, -0.15) is 0 Å². The lowest BCUT2D eigenvalue weighted by molar-refractivity contribution is 0.0472. The van der Waals surface area contributed by atoms with Crippen LogP contribution in [-0.2, 0) is 17.8 Å². The number of nitrogen functional groups attached to an aromatic ring is 1. The van der Waals surface area contributed by atoms with Gasteiger partial charge in [-0.15, -0.1) is 0 Å². The van der Waals surface area contributed by atoms with Crippen LogP contribution < -0.4 is 10.5 Å². The quantitative estimate of drug-likeness (QED) is 0.513. The van der Waals surface area contributed by atoms with Crippen LogP contribution in [0.4, 0.5) is 5.69 Å². The first-order valence-electron chi connectivity index (χ1n) is 8.49. The third-order valence-corrected chi connectivity index (χ3v) is 3.95. The molecule has 0 heterocycles. The molecule has 3 rings (SSSR count). The fourth-order valence-electron chi connectivity index (χ4n) is 2.52. The van der Waals surface area contributed by atoms with Gasteiger partial charge in [0.25, 0.3) is 0 Å². The lowest BCUT2D eigenvalue weighted by atomic mass is 10.1. The Balaban J connectivity index is 1.58. The molecule has 0 saturated carbocycles. The Morgan fingerprint density at radius 1 is 0.846 bits per heavy atom. The van der Waals surface area contributed by atoms with Crippen molar-refractivity contribution in [1.29, 1.82) is 0 Å². The molecule has 0 aliphatic carbocycles. The van der Waals surface area contributed by atoms with Crippen molar-refractivity contribution in [3.63, 3.8) is 0 Å². The Morgan fingerprint density at radius 3 is 2.19 bits per heavy atom. The first-order chi connectivity index (χ1) is 12.7. The fourth-order valence-corrected chi connectivity index (χ4v) is 2.52. The summed E-state index contributed by atoms with van der Waals surface area (Å²) < 4.78 is 11.1. The molecule has 4 heteroatoms. The molecule has 0 aromatic heterocycles. The molecule has 0 spiro atoms. The van der Waals surface area contributed by atoms with Crippen molar-refractivity contribution in [2.75, 3.05) is 12.3 Å². The van der Waals surface area contributed by atoms with E-state index in [0.29, 0.717) is 23.6 Å². The molecule has 3 aromatic rings. The molecular formula is C22H21NO3. The van der Waals surface area contributed by atoms with Crippen molar-refractivity contribution in [3.8, 4) is 5.75 Å². The molecule has 26 heavy (non-hydrogen) atoms. The summed E-state index contributed by atoms with van der Waals surface area (Å²) in [6, 6.07) is 24.6. The van der Waals surface area contributed by atoms with Crippen LogP contribution in [0.25, 0.3) is 0 Å². The summed E-state index contributed by atoms with van der Waals surface area (Å²) >= 11 is 0.